The summed E-state index contributed by atoms with van der Waals surface area (Å²) in [7, 11) is 0. The van der Waals surface area contributed by atoms with E-state index in [-0.39, 0.29) is 5.41 Å². The monoisotopic (exact) mass is 300 g/mol. The molecule has 21 heavy (non-hydrogen) atoms. The standard InChI is InChI=1S/C16H28O5/c1-2-16(5-3-4-13-8-19-13,11-17-6-14-9-20-14)12-18-7-15-10-21-15/h13-15H,2-12H2,1H3. The van der Waals surface area contributed by atoms with E-state index in [9.17, 15) is 0 Å². The van der Waals surface area contributed by atoms with E-state index in [1.54, 1.807) is 0 Å². The second-order valence-electron chi connectivity index (χ2n) is 6.64. The van der Waals surface area contributed by atoms with Gasteiger partial charge in [-0.2, -0.15) is 0 Å². The predicted molar refractivity (Wildman–Crippen MR) is 77.4 cm³/mol. The topological polar surface area (TPSA) is 56.0 Å². The Morgan fingerprint density at radius 3 is 1.86 bits per heavy atom. The van der Waals surface area contributed by atoms with Crippen molar-refractivity contribution < 1.29 is 23.7 Å². The van der Waals surface area contributed by atoms with E-state index in [0.717, 1.165) is 59.1 Å². The van der Waals surface area contributed by atoms with Gasteiger partial charge < -0.3 is 23.7 Å². The molecule has 0 bridgehead atoms. The minimum atomic E-state index is 0.124. The highest BCUT2D eigenvalue weighted by atomic mass is 16.6. The molecule has 0 aliphatic carbocycles. The molecule has 0 N–H and O–H groups in total. The van der Waals surface area contributed by atoms with Crippen molar-refractivity contribution in [2.75, 3.05) is 46.2 Å². The first kappa shape index (κ1) is 15.7. The fraction of sp³-hybridized carbons (Fsp3) is 1.00. The van der Waals surface area contributed by atoms with Gasteiger partial charge in [0.1, 0.15) is 12.2 Å². The molecule has 3 rings (SSSR count). The molecular weight excluding hydrogens is 272 g/mol. The summed E-state index contributed by atoms with van der Waals surface area (Å²) < 4.78 is 27.5. The second-order valence-corrected chi connectivity index (χ2v) is 6.64. The van der Waals surface area contributed by atoms with E-state index < -0.39 is 0 Å². The Morgan fingerprint density at radius 2 is 1.43 bits per heavy atom. The van der Waals surface area contributed by atoms with Gasteiger partial charge in [-0.3, -0.25) is 0 Å². The molecule has 3 atom stereocenters. The number of hydrogen-bond donors (Lipinski definition) is 0. The molecule has 0 aromatic rings. The van der Waals surface area contributed by atoms with Crippen molar-refractivity contribution in [2.45, 2.75) is 50.9 Å². The summed E-state index contributed by atoms with van der Waals surface area (Å²) in [6, 6.07) is 0. The van der Waals surface area contributed by atoms with Crippen LogP contribution in [0, 0.1) is 5.41 Å². The first-order valence-corrected chi connectivity index (χ1v) is 8.30. The lowest BCUT2D eigenvalue weighted by atomic mass is 9.81. The quantitative estimate of drug-likeness (QED) is 0.485. The molecule has 0 radical (unpaired) electrons. The van der Waals surface area contributed by atoms with Crippen LogP contribution in [0.25, 0.3) is 0 Å². The van der Waals surface area contributed by atoms with Gasteiger partial charge in [-0.25, -0.2) is 0 Å². The highest BCUT2D eigenvalue weighted by Crippen LogP contribution is 2.32. The van der Waals surface area contributed by atoms with Crippen LogP contribution in [-0.2, 0) is 23.7 Å². The van der Waals surface area contributed by atoms with Crippen LogP contribution in [0.1, 0.15) is 32.6 Å². The molecule has 122 valence electrons. The summed E-state index contributed by atoms with van der Waals surface area (Å²) in [6.07, 6.45) is 5.75. The van der Waals surface area contributed by atoms with Crippen LogP contribution in [0.15, 0.2) is 0 Å². The lowest BCUT2D eigenvalue weighted by molar-refractivity contribution is -0.0365. The van der Waals surface area contributed by atoms with Crippen molar-refractivity contribution in [3.63, 3.8) is 0 Å². The molecule has 3 heterocycles. The molecule has 3 unspecified atom stereocenters. The minimum absolute atomic E-state index is 0.124. The predicted octanol–water partition coefficient (Wildman–Crippen LogP) is 1.78. The maximum Gasteiger partial charge on any atom is 0.104 e. The Labute approximate surface area is 127 Å². The summed E-state index contributed by atoms with van der Waals surface area (Å²) in [5, 5.41) is 0. The second kappa shape index (κ2) is 7.38. The first-order valence-electron chi connectivity index (χ1n) is 8.30. The third-order valence-electron chi connectivity index (χ3n) is 4.61. The lowest BCUT2D eigenvalue weighted by Gasteiger charge is -2.32. The average Bonchev–Trinajstić information content (AvgIpc) is 3.34. The molecule has 3 fully saturated rings. The molecule has 0 saturated carbocycles. The van der Waals surface area contributed by atoms with Crippen LogP contribution in [0.5, 0.6) is 0 Å². The highest BCUT2D eigenvalue weighted by Gasteiger charge is 2.33. The molecule has 3 aliphatic heterocycles. The number of epoxide rings is 3. The van der Waals surface area contributed by atoms with Crippen LogP contribution < -0.4 is 0 Å². The SMILES string of the molecule is CCC(CCCC1CO1)(COCC1CO1)COCC1CO1. The van der Waals surface area contributed by atoms with Gasteiger partial charge in [0.2, 0.25) is 0 Å². The molecule has 0 aromatic carbocycles. The highest BCUT2D eigenvalue weighted by molar-refractivity contribution is 4.81. The molecular formula is C16H28O5. The summed E-state index contributed by atoms with van der Waals surface area (Å²) >= 11 is 0. The number of rotatable bonds is 13. The zero-order valence-corrected chi connectivity index (χ0v) is 13.1. The first-order chi connectivity index (χ1) is 10.3. The van der Waals surface area contributed by atoms with Crippen LogP contribution in [0.4, 0.5) is 0 Å². The van der Waals surface area contributed by atoms with Gasteiger partial charge in [0, 0.05) is 5.41 Å². The lowest BCUT2D eigenvalue weighted by Crippen LogP contribution is -2.33. The summed E-state index contributed by atoms with van der Waals surface area (Å²) in [5.41, 5.74) is 0.124. The van der Waals surface area contributed by atoms with E-state index in [0.29, 0.717) is 18.3 Å². The van der Waals surface area contributed by atoms with Gasteiger partial charge >= 0.3 is 0 Å². The summed E-state index contributed by atoms with van der Waals surface area (Å²) in [4.78, 5) is 0. The van der Waals surface area contributed by atoms with Crippen molar-refractivity contribution >= 4 is 0 Å². The van der Waals surface area contributed by atoms with Gasteiger partial charge in [-0.15, -0.1) is 0 Å². The van der Waals surface area contributed by atoms with Crippen LogP contribution >= 0.6 is 0 Å². The smallest absolute Gasteiger partial charge is 0.104 e. The van der Waals surface area contributed by atoms with Gasteiger partial charge in [0.15, 0.2) is 0 Å². The Morgan fingerprint density at radius 1 is 0.905 bits per heavy atom. The van der Waals surface area contributed by atoms with E-state index in [4.69, 9.17) is 23.7 Å². The van der Waals surface area contributed by atoms with Crippen molar-refractivity contribution in [1.82, 2.24) is 0 Å². The zero-order chi connectivity index (χ0) is 14.5. The zero-order valence-electron chi connectivity index (χ0n) is 13.1. The Hall–Kier alpha value is -0.200. The molecule has 0 amide bonds. The van der Waals surface area contributed by atoms with E-state index in [1.807, 2.05) is 0 Å². The van der Waals surface area contributed by atoms with Gasteiger partial charge in [0.05, 0.1) is 52.4 Å². The summed E-state index contributed by atoms with van der Waals surface area (Å²) in [6.45, 7) is 7.87. The van der Waals surface area contributed by atoms with Gasteiger partial charge in [-0.05, 0) is 19.3 Å². The molecule has 3 aliphatic rings. The van der Waals surface area contributed by atoms with Crippen LogP contribution in [0.3, 0.4) is 0 Å². The summed E-state index contributed by atoms with van der Waals surface area (Å²) in [5.74, 6) is 0. The molecule has 5 nitrogen and oxygen atoms in total. The van der Waals surface area contributed by atoms with Gasteiger partial charge in [-0.1, -0.05) is 13.3 Å². The average molecular weight is 300 g/mol. The number of ether oxygens (including phenoxy) is 5. The Kier molecular flexibility index (Phi) is 5.51. The van der Waals surface area contributed by atoms with Crippen LogP contribution in [0.2, 0.25) is 0 Å². The van der Waals surface area contributed by atoms with E-state index >= 15 is 0 Å². The van der Waals surface area contributed by atoms with E-state index in [2.05, 4.69) is 6.92 Å². The van der Waals surface area contributed by atoms with Crippen LogP contribution in [-0.4, -0.2) is 64.6 Å². The van der Waals surface area contributed by atoms with Crippen molar-refractivity contribution in [3.8, 4) is 0 Å². The van der Waals surface area contributed by atoms with Crippen molar-refractivity contribution in [2.24, 2.45) is 5.41 Å². The largest absolute Gasteiger partial charge is 0.378 e. The molecule has 5 heteroatoms. The number of hydrogen-bond acceptors (Lipinski definition) is 5. The molecule has 3 saturated heterocycles. The van der Waals surface area contributed by atoms with Crippen molar-refractivity contribution in [3.05, 3.63) is 0 Å². The fourth-order valence-corrected chi connectivity index (χ4v) is 2.65. The van der Waals surface area contributed by atoms with E-state index in [1.165, 1.54) is 12.8 Å². The van der Waals surface area contributed by atoms with Crippen molar-refractivity contribution in [1.29, 1.82) is 0 Å². The maximum atomic E-state index is 5.89. The molecule has 0 aromatic heterocycles. The maximum absolute atomic E-state index is 5.89. The Bertz CT molecular complexity index is 264. The normalized spacial score (nSPS) is 32.7. The van der Waals surface area contributed by atoms with Gasteiger partial charge in [0.25, 0.3) is 0 Å². The Balaban J connectivity index is 1.41. The minimum Gasteiger partial charge on any atom is -0.378 e. The third-order valence-corrected chi connectivity index (χ3v) is 4.61. The fourth-order valence-electron chi connectivity index (χ4n) is 2.65. The molecule has 0 spiro atoms. The third kappa shape index (κ3) is 5.83.